The Labute approximate surface area is 94.2 Å². The van der Waals surface area contributed by atoms with E-state index in [1.807, 2.05) is 0 Å². The van der Waals surface area contributed by atoms with Crippen LogP contribution in [-0.4, -0.2) is 30.1 Å². The highest BCUT2D eigenvalue weighted by atomic mass is 15.2. The molecule has 1 saturated heterocycles. The van der Waals surface area contributed by atoms with Gasteiger partial charge in [0.15, 0.2) is 0 Å². The molecule has 1 heterocycles. The van der Waals surface area contributed by atoms with Gasteiger partial charge in [-0.25, -0.2) is 0 Å². The smallest absolute Gasteiger partial charge is 0.00965 e. The van der Waals surface area contributed by atoms with Gasteiger partial charge in [0.2, 0.25) is 0 Å². The van der Waals surface area contributed by atoms with Gasteiger partial charge >= 0.3 is 0 Å². The van der Waals surface area contributed by atoms with Gasteiger partial charge in [0.25, 0.3) is 0 Å². The van der Waals surface area contributed by atoms with Gasteiger partial charge in [-0.1, -0.05) is 13.8 Å². The van der Waals surface area contributed by atoms with E-state index in [0.29, 0.717) is 6.04 Å². The van der Waals surface area contributed by atoms with Crippen molar-refractivity contribution >= 4 is 0 Å². The first-order valence-corrected chi connectivity index (χ1v) is 6.66. The van der Waals surface area contributed by atoms with E-state index in [1.54, 1.807) is 0 Å². The standard InChI is InChI=1S/C13H26N2/c1-10(2)11-7-8-15(9-11)13-5-3-12(14)4-6-13/h10-13H,3-9,14H2,1-2H3. The molecule has 0 radical (unpaired) electrons. The number of nitrogens with two attached hydrogens (primary N) is 1. The van der Waals surface area contributed by atoms with Gasteiger partial charge in [-0.15, -0.1) is 0 Å². The Hall–Kier alpha value is -0.0800. The van der Waals surface area contributed by atoms with Crippen molar-refractivity contribution in [3.63, 3.8) is 0 Å². The van der Waals surface area contributed by atoms with Crippen LogP contribution >= 0.6 is 0 Å². The summed E-state index contributed by atoms with van der Waals surface area (Å²) in [6.07, 6.45) is 6.58. The number of rotatable bonds is 2. The van der Waals surface area contributed by atoms with Crippen molar-refractivity contribution < 1.29 is 0 Å². The van der Waals surface area contributed by atoms with Crippen molar-refractivity contribution in [2.24, 2.45) is 17.6 Å². The third-order valence-corrected chi connectivity index (χ3v) is 4.46. The minimum absolute atomic E-state index is 0.491. The molecule has 2 rings (SSSR count). The van der Waals surface area contributed by atoms with E-state index in [-0.39, 0.29) is 0 Å². The molecule has 1 unspecified atom stereocenters. The first kappa shape index (κ1) is 11.4. The Balaban J connectivity index is 1.80. The number of likely N-dealkylation sites (tertiary alicyclic amines) is 1. The summed E-state index contributed by atoms with van der Waals surface area (Å²) >= 11 is 0. The van der Waals surface area contributed by atoms with E-state index >= 15 is 0 Å². The quantitative estimate of drug-likeness (QED) is 0.757. The van der Waals surface area contributed by atoms with Crippen molar-refractivity contribution in [3.8, 4) is 0 Å². The van der Waals surface area contributed by atoms with Crippen LogP contribution in [0.1, 0.15) is 46.0 Å². The van der Waals surface area contributed by atoms with E-state index in [9.17, 15) is 0 Å². The SMILES string of the molecule is CC(C)C1CCN(C2CCC(N)CC2)C1. The zero-order valence-corrected chi connectivity index (χ0v) is 10.3. The Morgan fingerprint density at radius 1 is 1.07 bits per heavy atom. The van der Waals surface area contributed by atoms with E-state index in [0.717, 1.165) is 17.9 Å². The maximum atomic E-state index is 5.95. The second-order valence-electron chi connectivity index (χ2n) is 5.86. The van der Waals surface area contributed by atoms with Crippen LogP contribution in [0.2, 0.25) is 0 Å². The molecule has 0 aromatic rings. The summed E-state index contributed by atoms with van der Waals surface area (Å²) in [5.74, 6) is 1.81. The van der Waals surface area contributed by atoms with E-state index in [2.05, 4.69) is 18.7 Å². The highest BCUT2D eigenvalue weighted by molar-refractivity contribution is 4.86. The average molecular weight is 210 g/mol. The molecule has 1 aliphatic heterocycles. The van der Waals surface area contributed by atoms with Crippen LogP contribution in [0.5, 0.6) is 0 Å². The highest BCUT2D eigenvalue weighted by Gasteiger charge is 2.31. The molecule has 0 aromatic carbocycles. The van der Waals surface area contributed by atoms with Crippen LogP contribution in [0, 0.1) is 11.8 Å². The minimum atomic E-state index is 0.491. The molecule has 2 N–H and O–H groups in total. The molecule has 2 aliphatic rings. The fourth-order valence-corrected chi connectivity index (χ4v) is 3.16. The van der Waals surface area contributed by atoms with Crippen LogP contribution in [0.15, 0.2) is 0 Å². The Bertz CT molecular complexity index is 195. The second-order valence-corrected chi connectivity index (χ2v) is 5.86. The van der Waals surface area contributed by atoms with Crippen molar-refractivity contribution in [3.05, 3.63) is 0 Å². The van der Waals surface area contributed by atoms with Gasteiger partial charge < -0.3 is 10.6 Å². The highest BCUT2D eigenvalue weighted by Crippen LogP contribution is 2.30. The number of hydrogen-bond donors (Lipinski definition) is 1. The summed E-state index contributed by atoms with van der Waals surface area (Å²) in [4.78, 5) is 2.73. The lowest BCUT2D eigenvalue weighted by Crippen LogP contribution is -2.39. The van der Waals surface area contributed by atoms with Gasteiger partial charge in [-0.05, 0) is 50.5 Å². The largest absolute Gasteiger partial charge is 0.328 e. The topological polar surface area (TPSA) is 29.3 Å². The fraction of sp³-hybridized carbons (Fsp3) is 1.00. The maximum Gasteiger partial charge on any atom is 0.00965 e. The predicted molar refractivity (Wildman–Crippen MR) is 64.7 cm³/mol. The summed E-state index contributed by atoms with van der Waals surface area (Å²) in [6.45, 7) is 7.41. The molecule has 88 valence electrons. The summed E-state index contributed by atoms with van der Waals surface area (Å²) < 4.78 is 0. The molecular formula is C13H26N2. The molecule has 1 atom stereocenters. The zero-order chi connectivity index (χ0) is 10.8. The third-order valence-electron chi connectivity index (χ3n) is 4.46. The monoisotopic (exact) mass is 210 g/mol. The van der Waals surface area contributed by atoms with Crippen molar-refractivity contribution in [2.45, 2.75) is 58.0 Å². The first-order chi connectivity index (χ1) is 7.16. The van der Waals surface area contributed by atoms with Crippen LogP contribution in [0.3, 0.4) is 0 Å². The second kappa shape index (κ2) is 4.84. The molecular weight excluding hydrogens is 184 g/mol. The summed E-state index contributed by atoms with van der Waals surface area (Å²) in [7, 11) is 0. The van der Waals surface area contributed by atoms with E-state index in [4.69, 9.17) is 5.73 Å². The summed E-state index contributed by atoms with van der Waals surface area (Å²) in [5.41, 5.74) is 5.95. The first-order valence-electron chi connectivity index (χ1n) is 6.66. The molecule has 2 nitrogen and oxygen atoms in total. The van der Waals surface area contributed by atoms with E-state index < -0.39 is 0 Å². The molecule has 0 spiro atoms. The lowest BCUT2D eigenvalue weighted by atomic mass is 9.90. The van der Waals surface area contributed by atoms with Gasteiger partial charge in [0, 0.05) is 18.6 Å². The Kier molecular flexibility index (Phi) is 3.68. The van der Waals surface area contributed by atoms with Crippen molar-refractivity contribution in [2.75, 3.05) is 13.1 Å². The molecule has 0 bridgehead atoms. The summed E-state index contributed by atoms with van der Waals surface area (Å²) in [5, 5.41) is 0. The number of nitrogens with zero attached hydrogens (tertiary/aromatic N) is 1. The predicted octanol–water partition coefficient (Wildman–Crippen LogP) is 2.23. The molecule has 15 heavy (non-hydrogen) atoms. The van der Waals surface area contributed by atoms with Crippen LogP contribution < -0.4 is 5.73 Å². The lowest BCUT2D eigenvalue weighted by molar-refractivity contribution is 0.172. The molecule has 0 amide bonds. The van der Waals surface area contributed by atoms with Crippen molar-refractivity contribution in [1.29, 1.82) is 0 Å². The fourth-order valence-electron chi connectivity index (χ4n) is 3.16. The van der Waals surface area contributed by atoms with Gasteiger partial charge in [-0.2, -0.15) is 0 Å². The zero-order valence-electron chi connectivity index (χ0n) is 10.3. The molecule has 1 saturated carbocycles. The van der Waals surface area contributed by atoms with Crippen LogP contribution in [-0.2, 0) is 0 Å². The molecule has 2 heteroatoms. The van der Waals surface area contributed by atoms with Crippen LogP contribution in [0.4, 0.5) is 0 Å². The van der Waals surface area contributed by atoms with Crippen molar-refractivity contribution in [1.82, 2.24) is 4.90 Å². The van der Waals surface area contributed by atoms with Gasteiger partial charge in [-0.3, -0.25) is 0 Å². The van der Waals surface area contributed by atoms with E-state index in [1.165, 1.54) is 45.2 Å². The maximum absolute atomic E-state index is 5.95. The normalized spacial score (nSPS) is 38.8. The third kappa shape index (κ3) is 2.73. The lowest BCUT2D eigenvalue weighted by Gasteiger charge is -2.33. The summed E-state index contributed by atoms with van der Waals surface area (Å²) in [6, 6.07) is 1.35. The Morgan fingerprint density at radius 2 is 1.73 bits per heavy atom. The van der Waals surface area contributed by atoms with Gasteiger partial charge in [0.1, 0.15) is 0 Å². The molecule has 2 fully saturated rings. The minimum Gasteiger partial charge on any atom is -0.328 e. The number of hydrogen-bond acceptors (Lipinski definition) is 2. The van der Waals surface area contributed by atoms with Crippen LogP contribution in [0.25, 0.3) is 0 Å². The Morgan fingerprint density at radius 3 is 2.27 bits per heavy atom. The molecule has 0 aromatic heterocycles. The average Bonchev–Trinajstić information content (AvgIpc) is 2.68. The van der Waals surface area contributed by atoms with Gasteiger partial charge in [0.05, 0.1) is 0 Å². The molecule has 1 aliphatic carbocycles.